The molecule has 0 radical (unpaired) electrons. The summed E-state index contributed by atoms with van der Waals surface area (Å²) in [4.78, 5) is 0.185. The number of rotatable bonds is 7. The molecule has 2 rings (SSSR count). The largest absolute Gasteiger partial charge is 0.318 e. The van der Waals surface area contributed by atoms with Crippen molar-refractivity contribution in [1.29, 1.82) is 0 Å². The number of nitrogens with one attached hydrogen (secondary N) is 2. The lowest BCUT2D eigenvalue weighted by Gasteiger charge is -2.04. The topological polar surface area (TPSA) is 76.0 Å². The van der Waals surface area contributed by atoms with Crippen molar-refractivity contribution in [1.82, 2.24) is 19.8 Å². The highest BCUT2D eigenvalue weighted by atomic mass is 32.2. The van der Waals surface area contributed by atoms with Gasteiger partial charge in [0.05, 0.1) is 12.7 Å². The van der Waals surface area contributed by atoms with Crippen molar-refractivity contribution in [2.75, 3.05) is 13.6 Å². The lowest BCUT2D eigenvalue weighted by Crippen LogP contribution is -2.23. The molecule has 2 N–H and O–H groups in total. The molecule has 0 aliphatic carbocycles. The van der Waals surface area contributed by atoms with Crippen LogP contribution >= 0.6 is 0 Å². The summed E-state index contributed by atoms with van der Waals surface area (Å²) in [6.45, 7) is 1.63. The maximum absolute atomic E-state index is 12.1. The zero-order valence-electron chi connectivity index (χ0n) is 11.3. The second-order valence-electron chi connectivity index (χ2n) is 4.35. The first-order valence-corrected chi connectivity index (χ1v) is 7.81. The lowest BCUT2D eigenvalue weighted by molar-refractivity contribution is 0.576. The van der Waals surface area contributed by atoms with E-state index in [1.165, 1.54) is 12.4 Å². The van der Waals surface area contributed by atoms with Gasteiger partial charge in [-0.1, -0.05) is 30.3 Å². The second-order valence-corrected chi connectivity index (χ2v) is 6.12. The first-order chi connectivity index (χ1) is 9.62. The van der Waals surface area contributed by atoms with Crippen LogP contribution in [-0.2, 0) is 23.1 Å². The number of nitrogens with zero attached hydrogens (tertiary/aromatic N) is 2. The molecule has 0 atom stereocenters. The van der Waals surface area contributed by atoms with E-state index in [1.54, 1.807) is 4.68 Å². The Kier molecular flexibility index (Phi) is 4.89. The van der Waals surface area contributed by atoms with E-state index in [9.17, 15) is 8.42 Å². The number of sulfonamides is 1. The lowest BCUT2D eigenvalue weighted by atomic mass is 10.2. The van der Waals surface area contributed by atoms with E-state index in [-0.39, 0.29) is 11.4 Å². The summed E-state index contributed by atoms with van der Waals surface area (Å²) in [6, 6.07) is 9.39. The molecule has 2 aromatic rings. The van der Waals surface area contributed by atoms with Crippen LogP contribution in [0.15, 0.2) is 47.6 Å². The van der Waals surface area contributed by atoms with Gasteiger partial charge in [-0.25, -0.2) is 13.1 Å². The molecule has 0 spiro atoms. The number of benzene rings is 1. The fourth-order valence-electron chi connectivity index (χ4n) is 1.69. The standard InChI is InChI=1S/C13H18N4O2S/c1-14-7-8-17-11-13(10-15-17)20(18,19)16-9-12-5-3-2-4-6-12/h2-6,10-11,14,16H,7-9H2,1H3. The predicted molar refractivity (Wildman–Crippen MR) is 76.6 cm³/mol. The van der Waals surface area contributed by atoms with Crippen LogP contribution in [0.5, 0.6) is 0 Å². The van der Waals surface area contributed by atoms with Crippen molar-refractivity contribution in [2.24, 2.45) is 0 Å². The molecule has 6 nitrogen and oxygen atoms in total. The smallest absolute Gasteiger partial charge is 0.243 e. The Hall–Kier alpha value is -1.70. The first-order valence-electron chi connectivity index (χ1n) is 6.32. The van der Waals surface area contributed by atoms with Gasteiger partial charge in [0.1, 0.15) is 4.90 Å². The number of hydrogen-bond acceptors (Lipinski definition) is 4. The van der Waals surface area contributed by atoms with E-state index < -0.39 is 10.0 Å². The van der Waals surface area contributed by atoms with Crippen LogP contribution in [0.25, 0.3) is 0 Å². The fraction of sp³-hybridized carbons (Fsp3) is 0.308. The number of likely N-dealkylation sites (N-methyl/N-ethyl adjacent to an activating group) is 1. The van der Waals surface area contributed by atoms with E-state index in [0.717, 1.165) is 12.1 Å². The Labute approximate surface area is 118 Å². The van der Waals surface area contributed by atoms with Gasteiger partial charge in [0, 0.05) is 19.3 Å². The Morgan fingerprint density at radius 1 is 1.25 bits per heavy atom. The maximum Gasteiger partial charge on any atom is 0.243 e. The van der Waals surface area contributed by atoms with Crippen LogP contribution in [0, 0.1) is 0 Å². The summed E-state index contributed by atoms with van der Waals surface area (Å²) >= 11 is 0. The van der Waals surface area contributed by atoms with Crippen molar-refractivity contribution in [2.45, 2.75) is 18.0 Å². The molecule has 0 amide bonds. The molecule has 0 fully saturated rings. The molecule has 0 aliphatic rings. The van der Waals surface area contributed by atoms with Crippen LogP contribution in [0.2, 0.25) is 0 Å². The summed E-state index contributed by atoms with van der Waals surface area (Å²) in [7, 11) is -1.68. The van der Waals surface area contributed by atoms with Gasteiger partial charge in [-0.05, 0) is 12.6 Å². The van der Waals surface area contributed by atoms with Gasteiger partial charge in [-0.3, -0.25) is 4.68 Å². The van der Waals surface area contributed by atoms with Gasteiger partial charge < -0.3 is 5.32 Å². The van der Waals surface area contributed by atoms with Crippen LogP contribution in [-0.4, -0.2) is 31.8 Å². The summed E-state index contributed by atoms with van der Waals surface area (Å²) < 4.78 is 28.4. The maximum atomic E-state index is 12.1. The predicted octanol–water partition coefficient (Wildman–Crippen LogP) is 0.581. The molecular weight excluding hydrogens is 276 g/mol. The molecule has 1 aromatic heterocycles. The summed E-state index contributed by atoms with van der Waals surface area (Å²) in [5.41, 5.74) is 0.915. The van der Waals surface area contributed by atoms with Gasteiger partial charge in [-0.15, -0.1) is 0 Å². The molecule has 20 heavy (non-hydrogen) atoms. The van der Waals surface area contributed by atoms with Gasteiger partial charge in [0.2, 0.25) is 10.0 Å². The van der Waals surface area contributed by atoms with Crippen LogP contribution in [0.4, 0.5) is 0 Å². The Morgan fingerprint density at radius 3 is 2.70 bits per heavy atom. The highest BCUT2D eigenvalue weighted by molar-refractivity contribution is 7.89. The average molecular weight is 294 g/mol. The fourth-order valence-corrected chi connectivity index (χ4v) is 2.66. The molecule has 7 heteroatoms. The zero-order valence-corrected chi connectivity index (χ0v) is 12.1. The van der Waals surface area contributed by atoms with Gasteiger partial charge in [0.15, 0.2) is 0 Å². The number of aromatic nitrogens is 2. The third kappa shape index (κ3) is 3.89. The first kappa shape index (κ1) is 14.7. The monoisotopic (exact) mass is 294 g/mol. The highest BCUT2D eigenvalue weighted by Crippen LogP contribution is 2.08. The van der Waals surface area contributed by atoms with Crippen molar-refractivity contribution in [3.63, 3.8) is 0 Å². The van der Waals surface area contributed by atoms with Gasteiger partial charge in [0.25, 0.3) is 0 Å². The molecule has 0 saturated heterocycles. The van der Waals surface area contributed by atoms with Crippen LogP contribution in [0.3, 0.4) is 0 Å². The van der Waals surface area contributed by atoms with Crippen molar-refractivity contribution in [3.05, 3.63) is 48.3 Å². The molecule has 0 saturated carbocycles. The van der Waals surface area contributed by atoms with E-state index in [1.807, 2.05) is 37.4 Å². The van der Waals surface area contributed by atoms with Crippen molar-refractivity contribution >= 4 is 10.0 Å². The Bertz CT molecular complexity index is 637. The van der Waals surface area contributed by atoms with Gasteiger partial charge in [-0.2, -0.15) is 5.10 Å². The van der Waals surface area contributed by atoms with E-state index in [4.69, 9.17) is 0 Å². The molecule has 1 aromatic carbocycles. The van der Waals surface area contributed by atoms with E-state index in [2.05, 4.69) is 15.1 Å². The minimum absolute atomic E-state index is 0.185. The second kappa shape index (κ2) is 6.65. The number of hydrogen-bond donors (Lipinski definition) is 2. The van der Waals surface area contributed by atoms with Gasteiger partial charge >= 0.3 is 0 Å². The highest BCUT2D eigenvalue weighted by Gasteiger charge is 2.15. The molecule has 0 unspecified atom stereocenters. The quantitative estimate of drug-likeness (QED) is 0.783. The van der Waals surface area contributed by atoms with Crippen LogP contribution in [0.1, 0.15) is 5.56 Å². The summed E-state index contributed by atoms with van der Waals surface area (Å²) in [6.07, 6.45) is 2.90. The SMILES string of the molecule is CNCCn1cc(S(=O)(=O)NCc2ccccc2)cn1. The van der Waals surface area contributed by atoms with Crippen LogP contribution < -0.4 is 10.0 Å². The Balaban J connectivity index is 2.01. The molecular formula is C13H18N4O2S. The van der Waals surface area contributed by atoms with E-state index in [0.29, 0.717) is 6.54 Å². The normalized spacial score (nSPS) is 11.7. The third-order valence-corrected chi connectivity index (χ3v) is 4.18. The minimum atomic E-state index is -3.52. The summed E-state index contributed by atoms with van der Waals surface area (Å²) in [5.74, 6) is 0. The molecule has 0 aliphatic heterocycles. The zero-order chi connectivity index (χ0) is 14.4. The Morgan fingerprint density at radius 2 is 2.00 bits per heavy atom. The average Bonchev–Trinajstić information content (AvgIpc) is 2.94. The third-order valence-electron chi connectivity index (χ3n) is 2.82. The molecule has 1 heterocycles. The van der Waals surface area contributed by atoms with Crippen molar-refractivity contribution in [3.8, 4) is 0 Å². The molecule has 0 bridgehead atoms. The molecule has 108 valence electrons. The minimum Gasteiger partial charge on any atom is -0.318 e. The summed E-state index contributed by atoms with van der Waals surface area (Å²) in [5, 5.41) is 7.02. The van der Waals surface area contributed by atoms with Crippen molar-refractivity contribution < 1.29 is 8.42 Å². The van der Waals surface area contributed by atoms with E-state index >= 15 is 0 Å².